The molecule has 1 aliphatic heterocycles. The number of rotatable bonds is 16. The van der Waals surface area contributed by atoms with E-state index in [4.69, 9.17) is 22.9 Å². The van der Waals surface area contributed by atoms with Crippen LogP contribution >= 0.6 is 0 Å². The van der Waals surface area contributed by atoms with E-state index in [0.717, 1.165) is 12.0 Å². The van der Waals surface area contributed by atoms with Crippen molar-refractivity contribution in [3.05, 3.63) is 35.9 Å². The number of aliphatic imine (C=N–C) groups is 1. The number of nitrogens with zero attached hydrogens (tertiary/aromatic N) is 2. The third-order valence-electron chi connectivity index (χ3n) is 6.60. The summed E-state index contributed by atoms with van der Waals surface area (Å²) in [5, 5.41) is 15.0. The van der Waals surface area contributed by atoms with E-state index >= 15 is 0 Å². The fraction of sp³-hybridized carbons (Fsp3) is 0.577. The van der Waals surface area contributed by atoms with Crippen LogP contribution < -0.4 is 33.6 Å². The molecule has 1 aromatic rings. The van der Waals surface area contributed by atoms with Crippen molar-refractivity contribution in [2.75, 3.05) is 19.6 Å². The lowest BCUT2D eigenvalue weighted by Gasteiger charge is -2.29. The topological polar surface area (TPSA) is 232 Å². The second-order valence-corrected chi connectivity index (χ2v) is 9.68. The number of carboxylic acid groups (broad SMARTS) is 1. The Morgan fingerprint density at radius 3 is 2.33 bits per heavy atom. The molecule has 1 aliphatic rings. The molecule has 0 bridgehead atoms. The Bertz CT molecular complexity index is 986. The summed E-state index contributed by atoms with van der Waals surface area (Å²) in [4.78, 5) is 56.7. The molecular formula is C26H42N8O5. The SMILES string of the molecule is NCCCCC(N)C(=O)NC(Cc1ccccc1)C(=O)NC(CCCN=C(N)N)C(=O)N1CCCC1C(=O)O. The molecule has 0 aromatic heterocycles. The van der Waals surface area contributed by atoms with Crippen LogP contribution in [0.3, 0.4) is 0 Å². The Balaban J connectivity index is 2.22. The average molecular weight is 547 g/mol. The first-order chi connectivity index (χ1) is 18.6. The van der Waals surface area contributed by atoms with Crippen LogP contribution in [0, 0.1) is 0 Å². The van der Waals surface area contributed by atoms with E-state index in [1.165, 1.54) is 4.90 Å². The number of carboxylic acids is 1. The van der Waals surface area contributed by atoms with Crippen LogP contribution in [0.5, 0.6) is 0 Å². The second kappa shape index (κ2) is 16.3. The number of hydrogen-bond donors (Lipinski definition) is 7. The molecule has 0 aliphatic carbocycles. The van der Waals surface area contributed by atoms with Crippen molar-refractivity contribution in [2.45, 2.75) is 75.5 Å². The zero-order chi connectivity index (χ0) is 28.8. The monoisotopic (exact) mass is 546 g/mol. The molecule has 0 saturated carbocycles. The van der Waals surface area contributed by atoms with E-state index in [0.29, 0.717) is 38.6 Å². The maximum absolute atomic E-state index is 13.5. The smallest absolute Gasteiger partial charge is 0.326 e. The van der Waals surface area contributed by atoms with Crippen LogP contribution in [0.25, 0.3) is 0 Å². The van der Waals surface area contributed by atoms with Gasteiger partial charge in [0.15, 0.2) is 5.96 Å². The van der Waals surface area contributed by atoms with Crippen molar-refractivity contribution < 1.29 is 24.3 Å². The fourth-order valence-corrected chi connectivity index (χ4v) is 4.50. The summed E-state index contributed by atoms with van der Waals surface area (Å²) in [5.74, 6) is -2.75. The van der Waals surface area contributed by atoms with Crippen molar-refractivity contribution in [1.29, 1.82) is 0 Å². The molecule has 1 saturated heterocycles. The number of unbranched alkanes of at least 4 members (excludes halogenated alkanes) is 1. The molecule has 216 valence electrons. The van der Waals surface area contributed by atoms with Crippen LogP contribution in [-0.4, -0.2) is 83.5 Å². The van der Waals surface area contributed by atoms with Crippen molar-refractivity contribution in [3.63, 3.8) is 0 Å². The number of likely N-dealkylation sites (tertiary alicyclic amines) is 1. The van der Waals surface area contributed by atoms with Gasteiger partial charge in [-0.25, -0.2) is 4.79 Å². The number of benzene rings is 1. The van der Waals surface area contributed by atoms with E-state index in [9.17, 15) is 24.3 Å². The van der Waals surface area contributed by atoms with Gasteiger partial charge in [0.05, 0.1) is 6.04 Å². The number of nitrogens with two attached hydrogens (primary N) is 4. The molecular weight excluding hydrogens is 504 g/mol. The number of carbonyl (C=O) groups excluding carboxylic acids is 3. The minimum absolute atomic E-state index is 0.0964. The summed E-state index contributed by atoms with van der Waals surface area (Å²) in [6, 6.07) is 5.31. The predicted octanol–water partition coefficient (Wildman–Crippen LogP) is -1.22. The van der Waals surface area contributed by atoms with Crippen LogP contribution in [-0.2, 0) is 25.6 Å². The molecule has 13 nitrogen and oxygen atoms in total. The highest BCUT2D eigenvalue weighted by atomic mass is 16.4. The Morgan fingerprint density at radius 2 is 1.69 bits per heavy atom. The first-order valence-corrected chi connectivity index (χ1v) is 13.3. The Labute approximate surface area is 228 Å². The van der Waals surface area contributed by atoms with E-state index < -0.39 is 47.9 Å². The molecule has 4 atom stereocenters. The molecule has 0 radical (unpaired) electrons. The fourth-order valence-electron chi connectivity index (χ4n) is 4.50. The minimum atomic E-state index is -1.09. The van der Waals surface area contributed by atoms with E-state index in [1.54, 1.807) is 0 Å². The molecule has 1 fully saturated rings. The quantitative estimate of drug-likeness (QED) is 0.0747. The second-order valence-electron chi connectivity index (χ2n) is 9.68. The molecule has 1 aromatic carbocycles. The number of amides is 3. The van der Waals surface area contributed by atoms with Gasteiger partial charge in [0.25, 0.3) is 0 Å². The van der Waals surface area contributed by atoms with Gasteiger partial charge in [-0.3, -0.25) is 19.4 Å². The molecule has 11 N–H and O–H groups in total. The average Bonchev–Trinajstić information content (AvgIpc) is 3.40. The summed E-state index contributed by atoms with van der Waals surface area (Å²) in [6.45, 7) is 0.996. The molecule has 1 heterocycles. The lowest BCUT2D eigenvalue weighted by atomic mass is 10.0. The zero-order valence-corrected chi connectivity index (χ0v) is 22.3. The van der Waals surface area contributed by atoms with Crippen molar-refractivity contribution >= 4 is 29.7 Å². The van der Waals surface area contributed by atoms with Gasteiger partial charge < -0.3 is 43.6 Å². The molecule has 3 amide bonds. The summed E-state index contributed by atoms with van der Waals surface area (Å²) in [7, 11) is 0. The Hall–Kier alpha value is -3.71. The molecule has 2 rings (SSSR count). The van der Waals surface area contributed by atoms with Crippen molar-refractivity contribution in [2.24, 2.45) is 27.9 Å². The van der Waals surface area contributed by atoms with Crippen LogP contribution in [0.4, 0.5) is 0 Å². The van der Waals surface area contributed by atoms with Crippen molar-refractivity contribution in [3.8, 4) is 0 Å². The lowest BCUT2D eigenvalue weighted by Crippen LogP contribution is -2.57. The third-order valence-corrected chi connectivity index (χ3v) is 6.60. The van der Waals surface area contributed by atoms with Crippen LogP contribution in [0.15, 0.2) is 35.3 Å². The number of aliphatic carboxylic acids is 1. The van der Waals surface area contributed by atoms with Gasteiger partial charge in [-0.1, -0.05) is 36.8 Å². The zero-order valence-electron chi connectivity index (χ0n) is 22.3. The highest BCUT2D eigenvalue weighted by Crippen LogP contribution is 2.20. The summed E-state index contributed by atoms with van der Waals surface area (Å²) < 4.78 is 0. The number of hydrogen-bond acceptors (Lipinski definition) is 7. The van der Waals surface area contributed by atoms with E-state index in [1.807, 2.05) is 30.3 Å². The normalized spacial score (nSPS) is 17.1. The number of nitrogens with one attached hydrogen (secondary N) is 2. The summed E-state index contributed by atoms with van der Waals surface area (Å²) in [5.41, 5.74) is 23.1. The number of carbonyl (C=O) groups is 4. The summed E-state index contributed by atoms with van der Waals surface area (Å²) in [6.07, 6.45) is 3.41. The minimum Gasteiger partial charge on any atom is -0.480 e. The first kappa shape index (κ1) is 31.5. The molecule has 4 unspecified atom stereocenters. The maximum Gasteiger partial charge on any atom is 0.326 e. The van der Waals surface area contributed by atoms with E-state index in [-0.39, 0.29) is 31.9 Å². The van der Waals surface area contributed by atoms with Crippen LogP contribution in [0.1, 0.15) is 50.5 Å². The standard InChI is InChI=1S/C26H42N8O5/c27-13-5-4-10-18(28)22(35)33-20(16-17-8-2-1-3-9-17)23(36)32-19(11-6-14-31-26(29)30)24(37)34-15-7-12-21(34)25(38)39/h1-3,8-9,18-21H,4-7,10-16,27-28H2,(H,32,36)(H,33,35)(H,38,39)(H4,29,30,31). The largest absolute Gasteiger partial charge is 0.480 e. The maximum atomic E-state index is 13.5. The van der Waals surface area contributed by atoms with Gasteiger partial charge in [0, 0.05) is 19.5 Å². The Kier molecular flexibility index (Phi) is 13.2. The molecule has 13 heteroatoms. The predicted molar refractivity (Wildman–Crippen MR) is 147 cm³/mol. The highest BCUT2D eigenvalue weighted by Gasteiger charge is 2.38. The Morgan fingerprint density at radius 1 is 1.00 bits per heavy atom. The summed E-state index contributed by atoms with van der Waals surface area (Å²) >= 11 is 0. The van der Waals surface area contributed by atoms with Crippen LogP contribution in [0.2, 0.25) is 0 Å². The van der Waals surface area contributed by atoms with Gasteiger partial charge in [-0.05, 0) is 50.6 Å². The molecule has 39 heavy (non-hydrogen) atoms. The van der Waals surface area contributed by atoms with Gasteiger partial charge in [-0.15, -0.1) is 0 Å². The van der Waals surface area contributed by atoms with Gasteiger partial charge in [0.2, 0.25) is 17.7 Å². The van der Waals surface area contributed by atoms with Gasteiger partial charge in [0.1, 0.15) is 18.1 Å². The highest BCUT2D eigenvalue weighted by molar-refractivity contribution is 5.94. The lowest BCUT2D eigenvalue weighted by molar-refractivity contribution is -0.149. The molecule has 0 spiro atoms. The third kappa shape index (κ3) is 10.5. The van der Waals surface area contributed by atoms with E-state index in [2.05, 4.69) is 15.6 Å². The van der Waals surface area contributed by atoms with Gasteiger partial charge in [-0.2, -0.15) is 0 Å². The number of guanidine groups is 1. The van der Waals surface area contributed by atoms with Crippen molar-refractivity contribution in [1.82, 2.24) is 15.5 Å². The van der Waals surface area contributed by atoms with Gasteiger partial charge >= 0.3 is 5.97 Å². The first-order valence-electron chi connectivity index (χ1n) is 13.3.